The largest absolute Gasteiger partial charge is 0.507 e. The van der Waals surface area contributed by atoms with Crippen molar-refractivity contribution >= 4 is 32.6 Å². The van der Waals surface area contributed by atoms with E-state index in [0.717, 1.165) is 22.3 Å². The van der Waals surface area contributed by atoms with Gasteiger partial charge in [0.05, 0.1) is 9.99 Å². The van der Waals surface area contributed by atoms with Gasteiger partial charge in [-0.3, -0.25) is 4.79 Å². The van der Waals surface area contributed by atoms with Gasteiger partial charge in [0, 0.05) is 22.3 Å². The Morgan fingerprint density at radius 1 is 1.19 bits per heavy atom. The molecule has 0 bridgehead atoms. The molecular weight excluding hydrogens is 330 g/mol. The van der Waals surface area contributed by atoms with Crippen LogP contribution in [0.1, 0.15) is 23.0 Å². The number of para-hydroxylation sites is 1. The van der Waals surface area contributed by atoms with Crippen LogP contribution in [0.2, 0.25) is 0 Å². The highest BCUT2D eigenvalue weighted by atomic mass is 79.9. The molecular formula is C17H14BrNO2. The first-order chi connectivity index (χ1) is 10.0. The van der Waals surface area contributed by atoms with Gasteiger partial charge in [0.2, 0.25) is 0 Å². The monoisotopic (exact) mass is 343 g/mol. The Hall–Kier alpha value is -2.07. The summed E-state index contributed by atoms with van der Waals surface area (Å²) in [6, 6.07) is 13.4. The van der Waals surface area contributed by atoms with E-state index in [-0.39, 0.29) is 11.5 Å². The summed E-state index contributed by atoms with van der Waals surface area (Å²) in [4.78, 5) is 12.0. The average Bonchev–Trinajstić information content (AvgIpc) is 2.72. The van der Waals surface area contributed by atoms with Crippen LogP contribution in [0.3, 0.4) is 0 Å². The van der Waals surface area contributed by atoms with Gasteiger partial charge in [-0.2, -0.15) is 0 Å². The maximum absolute atomic E-state index is 12.0. The van der Waals surface area contributed by atoms with Gasteiger partial charge in [0.25, 0.3) is 0 Å². The van der Waals surface area contributed by atoms with Gasteiger partial charge in [-0.05, 0) is 54.0 Å². The van der Waals surface area contributed by atoms with Gasteiger partial charge >= 0.3 is 0 Å². The highest BCUT2D eigenvalue weighted by Gasteiger charge is 2.19. The molecule has 0 fully saturated rings. The Morgan fingerprint density at radius 2 is 1.86 bits per heavy atom. The number of carbonyl (C=O) groups excluding carboxylic acids is 1. The van der Waals surface area contributed by atoms with Crippen molar-refractivity contribution in [2.75, 3.05) is 0 Å². The number of nitrogens with zero attached hydrogens (tertiary/aromatic N) is 1. The second-order valence-corrected chi connectivity index (χ2v) is 5.86. The molecule has 1 aromatic heterocycles. The molecule has 106 valence electrons. The molecule has 0 saturated carbocycles. The predicted octanol–water partition coefficient (Wildman–Crippen LogP) is 4.61. The minimum Gasteiger partial charge on any atom is -0.507 e. The molecule has 0 spiro atoms. The summed E-state index contributed by atoms with van der Waals surface area (Å²) in [5.41, 5.74) is 3.41. The maximum atomic E-state index is 12.0. The normalized spacial score (nSPS) is 11.0. The lowest BCUT2D eigenvalue weighted by molar-refractivity contribution is 0.101. The molecule has 2 aromatic carbocycles. The number of ketones is 1. The van der Waals surface area contributed by atoms with Crippen LogP contribution >= 0.6 is 15.9 Å². The number of hydrogen-bond donors (Lipinski definition) is 1. The number of rotatable bonds is 2. The molecule has 0 saturated heterocycles. The van der Waals surface area contributed by atoms with Crippen molar-refractivity contribution in [2.24, 2.45) is 0 Å². The van der Waals surface area contributed by atoms with Gasteiger partial charge in [-0.1, -0.05) is 18.2 Å². The molecule has 3 aromatic rings. The quantitative estimate of drug-likeness (QED) is 0.690. The van der Waals surface area contributed by atoms with E-state index in [0.29, 0.717) is 10.0 Å². The zero-order chi connectivity index (χ0) is 15.1. The lowest BCUT2D eigenvalue weighted by atomic mass is 10.1. The number of phenolic OH excluding ortho intramolecular Hbond substituents is 1. The number of benzene rings is 2. The number of carbonyl (C=O) groups is 1. The summed E-state index contributed by atoms with van der Waals surface area (Å²) in [6.07, 6.45) is 0. The highest BCUT2D eigenvalue weighted by Crippen LogP contribution is 2.36. The van der Waals surface area contributed by atoms with Crippen LogP contribution in [0.25, 0.3) is 16.6 Å². The van der Waals surface area contributed by atoms with Crippen LogP contribution in [-0.4, -0.2) is 15.5 Å². The Labute approximate surface area is 131 Å². The van der Waals surface area contributed by atoms with Crippen LogP contribution in [0.4, 0.5) is 0 Å². The summed E-state index contributed by atoms with van der Waals surface area (Å²) >= 11 is 3.35. The number of phenols is 1. The molecule has 0 radical (unpaired) electrons. The van der Waals surface area contributed by atoms with Gasteiger partial charge in [0.1, 0.15) is 5.75 Å². The molecule has 0 aliphatic carbocycles. The van der Waals surface area contributed by atoms with Crippen molar-refractivity contribution in [3.05, 3.63) is 58.2 Å². The van der Waals surface area contributed by atoms with Gasteiger partial charge in [-0.25, -0.2) is 0 Å². The Morgan fingerprint density at radius 3 is 2.48 bits per heavy atom. The molecule has 0 aliphatic heterocycles. The number of fused-ring (bicyclic) bond motifs is 1. The zero-order valence-corrected chi connectivity index (χ0v) is 13.3. The smallest absolute Gasteiger partial charge is 0.162 e. The van der Waals surface area contributed by atoms with Crippen molar-refractivity contribution < 1.29 is 9.90 Å². The number of aromatic hydroxyl groups is 1. The van der Waals surface area contributed by atoms with E-state index >= 15 is 0 Å². The van der Waals surface area contributed by atoms with Crippen molar-refractivity contribution in [2.45, 2.75) is 13.8 Å². The van der Waals surface area contributed by atoms with Gasteiger partial charge < -0.3 is 9.67 Å². The lowest BCUT2D eigenvalue weighted by Crippen LogP contribution is -1.99. The minimum absolute atomic E-state index is 0.00564. The maximum Gasteiger partial charge on any atom is 0.162 e. The van der Waals surface area contributed by atoms with Crippen LogP contribution in [-0.2, 0) is 0 Å². The second kappa shape index (κ2) is 5.04. The van der Waals surface area contributed by atoms with Gasteiger partial charge in [0.15, 0.2) is 5.78 Å². The molecule has 0 atom stereocenters. The van der Waals surface area contributed by atoms with E-state index in [2.05, 4.69) is 15.9 Å². The molecule has 0 unspecified atom stereocenters. The standard InChI is InChI=1S/C17H14BrNO2/c1-10-17(11(2)20)13-8-16(21)14(18)9-15(13)19(10)12-6-4-3-5-7-12/h3-9,21H,1-2H3. The number of hydrogen-bond acceptors (Lipinski definition) is 2. The first kappa shape index (κ1) is 13.9. The Balaban J connectivity index is 2.47. The van der Waals surface area contributed by atoms with E-state index < -0.39 is 0 Å². The molecule has 21 heavy (non-hydrogen) atoms. The van der Waals surface area contributed by atoms with E-state index in [9.17, 15) is 9.90 Å². The van der Waals surface area contributed by atoms with Crippen LogP contribution in [0, 0.1) is 6.92 Å². The van der Waals surface area contributed by atoms with Crippen molar-refractivity contribution in [3.8, 4) is 11.4 Å². The highest BCUT2D eigenvalue weighted by molar-refractivity contribution is 9.10. The SMILES string of the molecule is CC(=O)c1c(C)n(-c2ccccc2)c2cc(Br)c(O)cc12. The minimum atomic E-state index is -0.00564. The predicted molar refractivity (Wildman–Crippen MR) is 87.4 cm³/mol. The van der Waals surface area contributed by atoms with Crippen LogP contribution in [0.15, 0.2) is 46.9 Å². The molecule has 1 heterocycles. The van der Waals surface area contributed by atoms with Crippen molar-refractivity contribution in [3.63, 3.8) is 0 Å². The van der Waals surface area contributed by atoms with E-state index in [4.69, 9.17) is 0 Å². The molecule has 3 nitrogen and oxygen atoms in total. The first-order valence-corrected chi connectivity index (χ1v) is 7.40. The summed E-state index contributed by atoms with van der Waals surface area (Å²) < 4.78 is 2.65. The Kier molecular flexibility index (Phi) is 3.33. The number of halogens is 1. The van der Waals surface area contributed by atoms with E-state index in [1.807, 2.05) is 47.9 Å². The molecule has 1 N–H and O–H groups in total. The Bertz CT molecular complexity index is 850. The molecule has 0 aliphatic rings. The third-order valence-electron chi connectivity index (χ3n) is 3.64. The molecule has 0 amide bonds. The zero-order valence-electron chi connectivity index (χ0n) is 11.7. The fraction of sp³-hybridized carbons (Fsp3) is 0.118. The third-order valence-corrected chi connectivity index (χ3v) is 4.27. The van der Waals surface area contributed by atoms with E-state index in [1.165, 1.54) is 0 Å². The number of aromatic nitrogens is 1. The topological polar surface area (TPSA) is 42.2 Å². The summed E-state index contributed by atoms with van der Waals surface area (Å²) in [7, 11) is 0. The van der Waals surface area contributed by atoms with Crippen LogP contribution in [0.5, 0.6) is 5.75 Å². The van der Waals surface area contributed by atoms with Gasteiger partial charge in [-0.15, -0.1) is 0 Å². The fourth-order valence-electron chi connectivity index (χ4n) is 2.78. The summed E-state index contributed by atoms with van der Waals surface area (Å²) in [6.45, 7) is 3.48. The van der Waals surface area contributed by atoms with E-state index in [1.54, 1.807) is 13.0 Å². The van der Waals surface area contributed by atoms with Crippen molar-refractivity contribution in [1.29, 1.82) is 0 Å². The fourth-order valence-corrected chi connectivity index (χ4v) is 3.11. The number of Topliss-reactive ketones (excluding diaryl/α,β-unsaturated/α-hetero) is 1. The summed E-state index contributed by atoms with van der Waals surface area (Å²) in [5, 5.41) is 10.7. The lowest BCUT2D eigenvalue weighted by Gasteiger charge is -2.08. The first-order valence-electron chi connectivity index (χ1n) is 6.60. The summed E-state index contributed by atoms with van der Waals surface area (Å²) in [5.74, 6) is 0.129. The molecule has 4 heteroatoms. The molecule has 3 rings (SSSR count). The van der Waals surface area contributed by atoms with Crippen molar-refractivity contribution in [1.82, 2.24) is 4.57 Å². The second-order valence-electron chi connectivity index (χ2n) is 5.01. The third kappa shape index (κ3) is 2.16. The average molecular weight is 344 g/mol. The van der Waals surface area contributed by atoms with Crippen LogP contribution < -0.4 is 0 Å².